The summed E-state index contributed by atoms with van der Waals surface area (Å²) in [5.74, 6) is 0.635. The Balaban J connectivity index is 1.87. The van der Waals surface area contributed by atoms with Crippen LogP contribution in [0.25, 0.3) is 0 Å². The average molecular weight is 369 g/mol. The van der Waals surface area contributed by atoms with Gasteiger partial charge in [-0.15, -0.1) is 0 Å². The van der Waals surface area contributed by atoms with Crippen molar-refractivity contribution in [2.75, 3.05) is 27.4 Å². The zero-order valence-electron chi connectivity index (χ0n) is 14.2. The first kappa shape index (κ1) is 19.4. The molecule has 0 aliphatic heterocycles. The van der Waals surface area contributed by atoms with Crippen molar-refractivity contribution in [2.24, 2.45) is 0 Å². The molecule has 0 saturated carbocycles. The molecule has 0 aromatic heterocycles. The van der Waals surface area contributed by atoms with Crippen LogP contribution in [-0.4, -0.2) is 33.3 Å². The van der Waals surface area contributed by atoms with E-state index in [4.69, 9.17) is 14.2 Å². The largest absolute Gasteiger partial charge is 0.493 e. The van der Waals surface area contributed by atoms with Crippen molar-refractivity contribution >= 4 is 5.91 Å². The van der Waals surface area contributed by atoms with Gasteiger partial charge in [-0.3, -0.25) is 4.79 Å². The maximum atomic E-state index is 12.6. The number of carbonyl (C=O) groups is 1. The molecule has 0 bridgehead atoms. The van der Waals surface area contributed by atoms with Crippen LogP contribution in [-0.2, 0) is 6.18 Å². The minimum atomic E-state index is -4.43. The smallest absolute Gasteiger partial charge is 0.416 e. The summed E-state index contributed by atoms with van der Waals surface area (Å²) >= 11 is 0. The topological polar surface area (TPSA) is 56.8 Å². The molecule has 140 valence electrons. The lowest BCUT2D eigenvalue weighted by atomic mass is 10.2. The number of hydrogen-bond donors (Lipinski definition) is 1. The number of carbonyl (C=O) groups excluding carboxylic acids is 1. The fourth-order valence-corrected chi connectivity index (χ4v) is 2.18. The van der Waals surface area contributed by atoms with E-state index >= 15 is 0 Å². The number of rotatable bonds is 7. The number of alkyl halides is 3. The van der Waals surface area contributed by atoms with E-state index in [1.165, 1.54) is 32.4 Å². The zero-order chi connectivity index (χ0) is 19.2. The molecule has 1 N–H and O–H groups in total. The molecule has 1 amide bonds. The molecule has 5 nitrogen and oxygen atoms in total. The van der Waals surface area contributed by atoms with Gasteiger partial charge in [-0.1, -0.05) is 6.07 Å². The van der Waals surface area contributed by atoms with Crippen molar-refractivity contribution in [2.45, 2.75) is 6.18 Å². The van der Waals surface area contributed by atoms with Crippen LogP contribution < -0.4 is 19.5 Å². The van der Waals surface area contributed by atoms with Crippen LogP contribution in [0.2, 0.25) is 0 Å². The molecule has 0 fully saturated rings. The van der Waals surface area contributed by atoms with Gasteiger partial charge in [0.1, 0.15) is 12.4 Å². The maximum Gasteiger partial charge on any atom is 0.416 e. The fourth-order valence-electron chi connectivity index (χ4n) is 2.18. The number of ether oxygens (including phenoxy) is 3. The highest BCUT2D eigenvalue weighted by Gasteiger charge is 2.30. The molecule has 0 radical (unpaired) electrons. The first-order valence-corrected chi connectivity index (χ1v) is 7.65. The van der Waals surface area contributed by atoms with Crippen LogP contribution in [0.15, 0.2) is 42.5 Å². The molecule has 8 heteroatoms. The van der Waals surface area contributed by atoms with E-state index in [2.05, 4.69) is 5.32 Å². The number of nitrogens with one attached hydrogen (secondary N) is 1. The number of hydrogen-bond acceptors (Lipinski definition) is 4. The summed E-state index contributed by atoms with van der Waals surface area (Å²) in [4.78, 5) is 12.1. The Labute approximate surface area is 148 Å². The lowest BCUT2D eigenvalue weighted by Gasteiger charge is -2.11. The minimum Gasteiger partial charge on any atom is -0.493 e. The van der Waals surface area contributed by atoms with Crippen LogP contribution in [0.4, 0.5) is 13.2 Å². The molecule has 0 heterocycles. The van der Waals surface area contributed by atoms with E-state index in [0.717, 1.165) is 12.1 Å². The highest BCUT2D eigenvalue weighted by atomic mass is 19.4. The molecule has 2 aromatic rings. The van der Waals surface area contributed by atoms with Gasteiger partial charge in [0.2, 0.25) is 0 Å². The van der Waals surface area contributed by atoms with E-state index in [9.17, 15) is 18.0 Å². The van der Waals surface area contributed by atoms with Crippen molar-refractivity contribution in [3.05, 3.63) is 53.6 Å². The molecular weight excluding hydrogens is 351 g/mol. The number of amides is 1. The van der Waals surface area contributed by atoms with Crippen molar-refractivity contribution in [1.29, 1.82) is 0 Å². The third kappa shape index (κ3) is 5.05. The van der Waals surface area contributed by atoms with Gasteiger partial charge in [0.05, 0.1) is 26.3 Å². The molecule has 0 saturated heterocycles. The fraction of sp³-hybridized carbons (Fsp3) is 0.278. The summed E-state index contributed by atoms with van der Waals surface area (Å²) in [5.41, 5.74) is -0.425. The molecule has 0 unspecified atom stereocenters. The van der Waals surface area contributed by atoms with E-state index in [1.54, 1.807) is 12.1 Å². The van der Waals surface area contributed by atoms with Gasteiger partial charge in [0.25, 0.3) is 5.91 Å². The Bertz CT molecular complexity index is 762. The normalized spacial score (nSPS) is 11.0. The molecule has 0 aliphatic carbocycles. The van der Waals surface area contributed by atoms with Crippen molar-refractivity contribution < 1.29 is 32.2 Å². The summed E-state index contributed by atoms with van der Waals surface area (Å²) in [6.45, 7) is 0.157. The van der Waals surface area contributed by atoms with E-state index < -0.39 is 11.7 Å². The van der Waals surface area contributed by atoms with Gasteiger partial charge in [-0.05, 0) is 36.4 Å². The molecular formula is C18H18F3NO4. The first-order chi connectivity index (χ1) is 12.3. The second-order valence-corrected chi connectivity index (χ2v) is 5.20. The van der Waals surface area contributed by atoms with Crippen LogP contribution in [0.1, 0.15) is 15.9 Å². The summed E-state index contributed by atoms with van der Waals surface area (Å²) in [6.07, 6.45) is -4.43. The predicted molar refractivity (Wildman–Crippen MR) is 88.8 cm³/mol. The molecule has 2 rings (SSSR count). The van der Waals surface area contributed by atoms with Crippen LogP contribution in [0.3, 0.4) is 0 Å². The highest BCUT2D eigenvalue weighted by molar-refractivity contribution is 5.94. The van der Waals surface area contributed by atoms with Gasteiger partial charge < -0.3 is 19.5 Å². The van der Waals surface area contributed by atoms with Crippen LogP contribution in [0, 0.1) is 0 Å². The zero-order valence-corrected chi connectivity index (χ0v) is 14.2. The maximum absolute atomic E-state index is 12.6. The molecule has 0 spiro atoms. The third-order valence-corrected chi connectivity index (χ3v) is 3.46. The first-order valence-electron chi connectivity index (χ1n) is 7.65. The van der Waals surface area contributed by atoms with Crippen LogP contribution in [0.5, 0.6) is 17.2 Å². The summed E-state index contributed by atoms with van der Waals surface area (Å²) in [5, 5.41) is 2.62. The van der Waals surface area contributed by atoms with Crippen molar-refractivity contribution in [1.82, 2.24) is 5.32 Å². The molecule has 0 atom stereocenters. The van der Waals surface area contributed by atoms with Gasteiger partial charge in [-0.25, -0.2) is 0 Å². The molecule has 26 heavy (non-hydrogen) atoms. The Morgan fingerprint density at radius 3 is 2.42 bits per heavy atom. The van der Waals surface area contributed by atoms with Gasteiger partial charge in [0, 0.05) is 5.56 Å². The van der Waals surface area contributed by atoms with Gasteiger partial charge in [-0.2, -0.15) is 13.2 Å². The molecule has 0 aliphatic rings. The van der Waals surface area contributed by atoms with Crippen LogP contribution >= 0.6 is 0 Å². The van der Waals surface area contributed by atoms with Gasteiger partial charge in [0.15, 0.2) is 11.5 Å². The van der Waals surface area contributed by atoms with Crippen molar-refractivity contribution in [3.8, 4) is 17.2 Å². The number of benzene rings is 2. The lowest BCUT2D eigenvalue weighted by molar-refractivity contribution is -0.137. The van der Waals surface area contributed by atoms with E-state index in [0.29, 0.717) is 17.1 Å². The van der Waals surface area contributed by atoms with Gasteiger partial charge >= 0.3 is 6.18 Å². The Morgan fingerprint density at radius 2 is 1.77 bits per heavy atom. The minimum absolute atomic E-state index is 0.0281. The standard InChI is InChI=1S/C18H18F3NO4/c1-24-15-7-6-12(10-16(15)25-2)17(23)22-8-9-26-14-5-3-4-13(11-14)18(19,20)21/h3-7,10-11H,8-9H2,1-2H3,(H,22,23). The third-order valence-electron chi connectivity index (χ3n) is 3.46. The number of methoxy groups -OCH3 is 2. The monoisotopic (exact) mass is 369 g/mol. The Hall–Kier alpha value is -2.90. The van der Waals surface area contributed by atoms with E-state index in [1.807, 2.05) is 0 Å². The van der Waals surface area contributed by atoms with Crippen molar-refractivity contribution in [3.63, 3.8) is 0 Å². The average Bonchev–Trinajstić information content (AvgIpc) is 2.64. The molecule has 2 aromatic carbocycles. The lowest BCUT2D eigenvalue weighted by Crippen LogP contribution is -2.28. The predicted octanol–water partition coefficient (Wildman–Crippen LogP) is 3.53. The summed E-state index contributed by atoms with van der Waals surface area (Å²) < 4.78 is 53.4. The second-order valence-electron chi connectivity index (χ2n) is 5.20. The second kappa shape index (κ2) is 8.46. The highest BCUT2D eigenvalue weighted by Crippen LogP contribution is 2.31. The number of halogens is 3. The van der Waals surface area contributed by atoms with E-state index in [-0.39, 0.29) is 24.8 Å². The summed E-state index contributed by atoms with van der Waals surface area (Å²) in [6, 6.07) is 9.27. The Morgan fingerprint density at radius 1 is 1.04 bits per heavy atom. The quantitative estimate of drug-likeness (QED) is 0.759. The SMILES string of the molecule is COc1ccc(C(=O)NCCOc2cccc(C(F)(F)F)c2)cc1OC. The summed E-state index contributed by atoms with van der Waals surface area (Å²) in [7, 11) is 2.95. The Kier molecular flexibility index (Phi) is 6.32.